The molecule has 2 rings (SSSR count). The average Bonchev–Trinajstić information content (AvgIpc) is 2.62. The zero-order valence-electron chi connectivity index (χ0n) is 10.2. The minimum Gasteiger partial charge on any atom is -0.504 e. The highest BCUT2D eigenvalue weighted by Gasteiger charge is 2.08. The number of nitrogens with one attached hydrogen (secondary N) is 2. The van der Waals surface area contributed by atoms with Crippen molar-refractivity contribution in [2.75, 3.05) is 6.54 Å². The Morgan fingerprint density at radius 1 is 1.17 bits per heavy atom. The van der Waals surface area contributed by atoms with E-state index in [4.69, 9.17) is 0 Å². The monoisotopic (exact) mass is 248 g/mol. The number of aromatic hydroxyl groups is 2. The molecule has 0 unspecified atom stereocenters. The fourth-order valence-electron chi connectivity index (χ4n) is 1.83. The van der Waals surface area contributed by atoms with E-state index in [-0.39, 0.29) is 11.5 Å². The third kappa shape index (κ3) is 3.48. The van der Waals surface area contributed by atoms with Crippen LogP contribution in [0.1, 0.15) is 31.2 Å². The maximum absolute atomic E-state index is 9.34. The lowest BCUT2D eigenvalue weighted by Crippen LogP contribution is -2.75. The van der Waals surface area contributed by atoms with Crippen molar-refractivity contribution in [3.63, 3.8) is 0 Å². The van der Waals surface area contributed by atoms with E-state index in [9.17, 15) is 10.2 Å². The zero-order valence-corrected chi connectivity index (χ0v) is 10.2. The minimum atomic E-state index is -0.140. The van der Waals surface area contributed by atoms with Gasteiger partial charge in [0.1, 0.15) is 0 Å². The SMILES string of the molecule is Oc1ccc(/C=N/NC2=[NH+]CCCCC2)cc1O. The van der Waals surface area contributed by atoms with E-state index >= 15 is 0 Å². The molecule has 1 aliphatic rings. The van der Waals surface area contributed by atoms with Crippen LogP contribution in [0.25, 0.3) is 0 Å². The summed E-state index contributed by atoms with van der Waals surface area (Å²) in [6.45, 7) is 0.984. The number of amidine groups is 1. The van der Waals surface area contributed by atoms with Crippen molar-refractivity contribution < 1.29 is 15.2 Å². The minimum absolute atomic E-state index is 0.125. The third-order valence-corrected chi connectivity index (χ3v) is 2.85. The first kappa shape index (κ1) is 12.4. The molecule has 0 fully saturated rings. The Bertz CT molecular complexity index is 469. The van der Waals surface area contributed by atoms with Crippen molar-refractivity contribution in [3.05, 3.63) is 23.8 Å². The maximum Gasteiger partial charge on any atom is 0.267 e. The van der Waals surface area contributed by atoms with E-state index < -0.39 is 0 Å². The lowest BCUT2D eigenvalue weighted by Gasteiger charge is -1.98. The summed E-state index contributed by atoms with van der Waals surface area (Å²) in [6, 6.07) is 4.59. The molecular weight excluding hydrogens is 230 g/mol. The summed E-state index contributed by atoms with van der Waals surface area (Å²) in [6.07, 6.45) is 6.20. The van der Waals surface area contributed by atoms with Crippen LogP contribution in [0.4, 0.5) is 0 Å². The van der Waals surface area contributed by atoms with Crippen LogP contribution in [-0.2, 0) is 0 Å². The van der Waals surface area contributed by atoms with Crippen LogP contribution in [0.15, 0.2) is 23.3 Å². The Morgan fingerprint density at radius 2 is 2.06 bits per heavy atom. The van der Waals surface area contributed by atoms with Crippen molar-refractivity contribution in [1.82, 2.24) is 5.43 Å². The molecule has 96 valence electrons. The highest BCUT2D eigenvalue weighted by Crippen LogP contribution is 2.23. The molecule has 0 aromatic heterocycles. The molecule has 5 heteroatoms. The molecule has 4 N–H and O–H groups in total. The second kappa shape index (κ2) is 6.05. The molecule has 0 saturated heterocycles. The Balaban J connectivity index is 1.94. The predicted octanol–water partition coefficient (Wildman–Crippen LogP) is 0.0744. The highest BCUT2D eigenvalue weighted by atomic mass is 16.3. The fraction of sp³-hybridized carbons (Fsp3) is 0.385. The van der Waals surface area contributed by atoms with E-state index in [1.807, 2.05) is 0 Å². The summed E-state index contributed by atoms with van der Waals surface area (Å²) < 4.78 is 0. The number of phenolic OH excluding ortho intramolecular Hbond substituents is 2. The molecule has 0 aliphatic carbocycles. The maximum atomic E-state index is 9.34. The number of hydrogen-bond acceptors (Lipinski definition) is 4. The van der Waals surface area contributed by atoms with Crippen molar-refractivity contribution >= 4 is 12.1 Å². The van der Waals surface area contributed by atoms with Crippen molar-refractivity contribution in [2.45, 2.75) is 25.7 Å². The molecular formula is C13H18N3O2+. The number of benzene rings is 1. The number of nitrogens with zero attached hydrogens (tertiary/aromatic N) is 1. The Morgan fingerprint density at radius 3 is 2.89 bits per heavy atom. The van der Waals surface area contributed by atoms with Crippen LogP contribution >= 0.6 is 0 Å². The largest absolute Gasteiger partial charge is 0.504 e. The quantitative estimate of drug-likeness (QED) is 0.340. The van der Waals surface area contributed by atoms with Crippen molar-refractivity contribution in [2.24, 2.45) is 5.10 Å². The Labute approximate surface area is 106 Å². The first-order valence-corrected chi connectivity index (χ1v) is 6.16. The first-order valence-electron chi connectivity index (χ1n) is 6.16. The van der Waals surface area contributed by atoms with Crippen LogP contribution in [-0.4, -0.2) is 28.8 Å². The highest BCUT2D eigenvalue weighted by molar-refractivity contribution is 5.83. The molecule has 1 aromatic rings. The molecule has 0 saturated carbocycles. The third-order valence-electron chi connectivity index (χ3n) is 2.85. The van der Waals surface area contributed by atoms with E-state index in [0.29, 0.717) is 0 Å². The van der Waals surface area contributed by atoms with Gasteiger partial charge < -0.3 is 10.2 Å². The molecule has 0 atom stereocenters. The molecule has 18 heavy (non-hydrogen) atoms. The Hall–Kier alpha value is -2.04. The summed E-state index contributed by atoms with van der Waals surface area (Å²) >= 11 is 0. The van der Waals surface area contributed by atoms with Gasteiger partial charge in [-0.25, -0.2) is 0 Å². The number of phenols is 2. The predicted molar refractivity (Wildman–Crippen MR) is 69.8 cm³/mol. The molecule has 0 bridgehead atoms. The molecule has 0 spiro atoms. The number of rotatable bonds is 2. The van der Waals surface area contributed by atoms with Crippen LogP contribution in [0.5, 0.6) is 11.5 Å². The summed E-state index contributed by atoms with van der Waals surface area (Å²) in [4.78, 5) is 3.29. The summed E-state index contributed by atoms with van der Waals surface area (Å²) in [5.41, 5.74) is 3.70. The molecule has 1 aliphatic heterocycles. The first-order chi connectivity index (χ1) is 8.75. The van der Waals surface area contributed by atoms with Gasteiger partial charge in [0, 0.05) is 5.56 Å². The smallest absolute Gasteiger partial charge is 0.267 e. The van der Waals surface area contributed by atoms with Gasteiger partial charge in [0.05, 0.1) is 19.2 Å². The van der Waals surface area contributed by atoms with E-state index in [2.05, 4.69) is 15.5 Å². The topological polar surface area (TPSA) is 78.8 Å². The van der Waals surface area contributed by atoms with Gasteiger partial charge in [-0.2, -0.15) is 5.43 Å². The van der Waals surface area contributed by atoms with Crippen LogP contribution < -0.4 is 10.4 Å². The summed E-state index contributed by atoms with van der Waals surface area (Å²) in [7, 11) is 0. The summed E-state index contributed by atoms with van der Waals surface area (Å²) in [5, 5.41) is 22.6. The number of hydrogen-bond donors (Lipinski definition) is 4. The van der Waals surface area contributed by atoms with Crippen molar-refractivity contribution in [1.29, 1.82) is 0 Å². The average molecular weight is 248 g/mol. The lowest BCUT2D eigenvalue weighted by molar-refractivity contribution is -0.459. The molecule has 1 heterocycles. The van der Waals surface area contributed by atoms with Gasteiger partial charge >= 0.3 is 0 Å². The van der Waals surface area contributed by atoms with Gasteiger partial charge in [-0.15, -0.1) is 0 Å². The van der Waals surface area contributed by atoms with Crippen LogP contribution in [0.3, 0.4) is 0 Å². The van der Waals surface area contributed by atoms with Gasteiger partial charge in [0.25, 0.3) is 5.84 Å². The molecule has 1 aromatic carbocycles. The van der Waals surface area contributed by atoms with E-state index in [1.165, 1.54) is 31.4 Å². The van der Waals surface area contributed by atoms with Crippen LogP contribution in [0.2, 0.25) is 0 Å². The zero-order chi connectivity index (χ0) is 12.8. The van der Waals surface area contributed by atoms with Gasteiger partial charge in [-0.1, -0.05) is 5.10 Å². The van der Waals surface area contributed by atoms with Gasteiger partial charge in [0.2, 0.25) is 0 Å². The number of hydrazone groups is 1. The Kier molecular flexibility index (Phi) is 4.17. The van der Waals surface area contributed by atoms with Gasteiger partial charge in [-0.3, -0.25) is 4.99 Å². The second-order valence-electron chi connectivity index (χ2n) is 4.33. The molecule has 0 amide bonds. The standard InChI is InChI=1S/C13H17N3O2/c17-11-6-5-10(8-12(11)18)9-15-16-13-4-2-1-3-7-14-13/h5-6,8-9,17-18H,1-4,7H2,(H,14,16)/p+1/b15-9+. The second-order valence-corrected chi connectivity index (χ2v) is 4.33. The fourth-order valence-corrected chi connectivity index (χ4v) is 1.83. The van der Waals surface area contributed by atoms with Gasteiger partial charge in [0.15, 0.2) is 11.5 Å². The van der Waals surface area contributed by atoms with Crippen LogP contribution in [0, 0.1) is 0 Å². The molecule has 5 nitrogen and oxygen atoms in total. The normalized spacial score (nSPS) is 16.3. The lowest BCUT2D eigenvalue weighted by atomic mass is 10.2. The van der Waals surface area contributed by atoms with Crippen molar-refractivity contribution in [3.8, 4) is 11.5 Å². The van der Waals surface area contributed by atoms with Gasteiger partial charge in [-0.05, 0) is 37.5 Å². The van der Waals surface area contributed by atoms with E-state index in [1.54, 1.807) is 12.3 Å². The molecule has 0 radical (unpaired) electrons. The summed E-state index contributed by atoms with van der Waals surface area (Å²) in [5.74, 6) is 0.769. The van der Waals surface area contributed by atoms with E-state index in [0.717, 1.165) is 24.4 Å².